The van der Waals surface area contributed by atoms with Gasteiger partial charge >= 0.3 is 52.5 Å². The predicted molar refractivity (Wildman–Crippen MR) is 116 cm³/mol. The average Bonchev–Trinajstić information content (AvgIpc) is 3.21. The molecule has 3 aromatic rings. The molecule has 0 aliphatic carbocycles. The maximum Gasteiger partial charge on any atom is 0.503 e. The first-order valence-electron chi connectivity index (χ1n) is 10.8. The van der Waals surface area contributed by atoms with Crippen molar-refractivity contribution in [1.29, 1.82) is 0 Å². The van der Waals surface area contributed by atoms with Crippen molar-refractivity contribution in [3.05, 3.63) is 48.5 Å². The quantitative estimate of drug-likeness (QED) is 0.105. The van der Waals surface area contributed by atoms with E-state index in [4.69, 9.17) is 13.0 Å². The maximum absolute atomic E-state index is 15.1. The van der Waals surface area contributed by atoms with Gasteiger partial charge in [0.05, 0.1) is 10.5 Å². The molecule has 2 aromatic carbocycles. The van der Waals surface area contributed by atoms with Crippen molar-refractivity contribution < 1.29 is 101 Å². The van der Waals surface area contributed by atoms with E-state index in [0.29, 0.717) is 12.1 Å². The first-order valence-corrected chi connectivity index (χ1v) is 13.4. The molecule has 0 spiro atoms. The minimum absolute atomic E-state index is 0.307. The number of halogens is 20. The number of fused-ring (bicyclic) bond motifs is 3. The van der Waals surface area contributed by atoms with Gasteiger partial charge in [-0.1, -0.05) is 24.3 Å². The Balaban J connectivity index is 0.000000812. The van der Waals surface area contributed by atoms with Gasteiger partial charge in [-0.05, 0) is 24.3 Å². The summed E-state index contributed by atoms with van der Waals surface area (Å²) in [4.78, 5) is 0. The molecule has 0 bridgehead atoms. The fraction of sp³-hybridized carbons (Fsp3) is 0.429. The molecule has 0 saturated heterocycles. The monoisotopic (exact) mass is 752 g/mol. The topological polar surface area (TPSA) is 57.2 Å². The van der Waals surface area contributed by atoms with Crippen molar-refractivity contribution in [3.63, 3.8) is 0 Å². The maximum atomic E-state index is 15.1. The molecule has 0 unspecified atom stereocenters. The summed E-state index contributed by atoms with van der Waals surface area (Å²) < 4.78 is 290. The molecule has 0 atom stereocenters. The largest absolute Gasteiger partial charge is 0.741 e. The second-order valence-electron chi connectivity index (χ2n) is 8.66. The van der Waals surface area contributed by atoms with E-state index in [1.54, 1.807) is 0 Å². The Bertz CT molecular complexity index is 1630. The molecule has 3 nitrogen and oxygen atoms in total. The van der Waals surface area contributed by atoms with E-state index in [0.717, 1.165) is 36.4 Å². The highest BCUT2D eigenvalue weighted by Gasteiger charge is 2.96. The Morgan fingerprint density at radius 1 is 0.457 bits per heavy atom. The third-order valence-corrected chi connectivity index (χ3v) is 8.66. The molecular formula is C21H8F20O3S2. The van der Waals surface area contributed by atoms with Gasteiger partial charge in [0.25, 0.3) is 0 Å². The normalized spacial score (nSPS) is 15.2. The lowest BCUT2D eigenvalue weighted by molar-refractivity contribution is -0.460. The lowest BCUT2D eigenvalue weighted by Crippen LogP contribution is -2.73. The third kappa shape index (κ3) is 5.57. The van der Waals surface area contributed by atoms with Gasteiger partial charge in [-0.3, -0.25) is 0 Å². The standard InChI is InChI=1S/C20H8F17S.CHF3O3S/c21-13(22,15(25,26)17(29,30)19(33,34)35)14(23,24)16(27,28)18(31,32)20(36,37)38-11-7-3-1-5-9(11)10-6-2-4-8-12(10)38;2-1(3,4)8(5,6)7/h1-8H;(H,5,6,7)/q+1;/p-1. The average molecular weight is 752 g/mol. The van der Waals surface area contributed by atoms with Crippen molar-refractivity contribution in [2.45, 2.75) is 52.5 Å². The van der Waals surface area contributed by atoms with E-state index >= 15 is 8.78 Å². The summed E-state index contributed by atoms with van der Waals surface area (Å²) in [5, 5.41) is -7.13. The zero-order valence-corrected chi connectivity index (χ0v) is 22.4. The number of thiophene rings is 1. The smallest absolute Gasteiger partial charge is 0.503 e. The third-order valence-electron chi connectivity index (χ3n) is 5.74. The molecule has 1 aromatic heterocycles. The van der Waals surface area contributed by atoms with Crippen LogP contribution in [0.1, 0.15) is 0 Å². The van der Waals surface area contributed by atoms with Crippen molar-refractivity contribution >= 4 is 40.8 Å². The minimum Gasteiger partial charge on any atom is -0.741 e. The SMILES string of the molecule is FC(F)(F)C(F)(F)C(F)(F)C(F)(F)C(F)(F)C(F)(F)C(F)(F)C(F)(F)[s+]1c2ccccc2c2ccccc21.O=S(=O)([O-])C(F)(F)F. The van der Waals surface area contributed by atoms with Crippen molar-refractivity contribution in [2.24, 2.45) is 0 Å². The van der Waals surface area contributed by atoms with Crippen LogP contribution in [0, 0.1) is 0 Å². The van der Waals surface area contributed by atoms with Crippen LogP contribution in [0.5, 0.6) is 0 Å². The molecule has 0 amide bonds. The number of benzene rings is 2. The Kier molecular flexibility index (Phi) is 9.51. The minimum atomic E-state index is -8.64. The predicted octanol–water partition coefficient (Wildman–Crippen LogP) is 9.72. The molecule has 0 aliphatic rings. The highest BCUT2D eigenvalue weighted by atomic mass is 32.2. The fourth-order valence-electron chi connectivity index (χ4n) is 3.41. The van der Waals surface area contributed by atoms with Crippen LogP contribution in [0.25, 0.3) is 20.2 Å². The summed E-state index contributed by atoms with van der Waals surface area (Å²) in [6, 6.07) is 7.48. The molecule has 46 heavy (non-hydrogen) atoms. The fourth-order valence-corrected chi connectivity index (χ4v) is 5.81. The molecular weight excluding hydrogens is 744 g/mol. The molecule has 0 fully saturated rings. The van der Waals surface area contributed by atoms with Gasteiger partial charge in [-0.15, -0.1) is 8.78 Å². The number of alkyl halides is 20. The van der Waals surface area contributed by atoms with Crippen molar-refractivity contribution in [2.75, 3.05) is 0 Å². The summed E-state index contributed by atoms with van der Waals surface area (Å²) in [5.74, 6) is -50.0. The van der Waals surface area contributed by atoms with Gasteiger partial charge in [-0.25, -0.2) is 8.42 Å². The van der Waals surface area contributed by atoms with E-state index < -0.39 is 82.5 Å². The van der Waals surface area contributed by atoms with Crippen LogP contribution in [-0.2, 0) is 15.4 Å². The highest BCUT2D eigenvalue weighted by molar-refractivity contribution is 7.86. The number of hydrogen-bond donors (Lipinski definition) is 0. The molecule has 25 heteroatoms. The van der Waals surface area contributed by atoms with Crippen LogP contribution < -0.4 is 0 Å². The van der Waals surface area contributed by atoms with Crippen LogP contribution in [0.2, 0.25) is 0 Å². The van der Waals surface area contributed by atoms with Crippen LogP contribution in [0.4, 0.5) is 87.8 Å². The molecule has 262 valence electrons. The van der Waals surface area contributed by atoms with E-state index in [-0.39, 0.29) is 10.8 Å². The van der Waals surface area contributed by atoms with Gasteiger partial charge in [0.2, 0.25) is 0 Å². The zero-order valence-electron chi connectivity index (χ0n) is 20.7. The van der Waals surface area contributed by atoms with E-state index in [9.17, 15) is 79.0 Å². The van der Waals surface area contributed by atoms with Gasteiger partial charge in [0.1, 0.15) is 0 Å². The Hall–Kier alpha value is -2.83. The van der Waals surface area contributed by atoms with Gasteiger partial charge in [0.15, 0.2) is 19.5 Å². The Morgan fingerprint density at radius 2 is 0.717 bits per heavy atom. The molecule has 0 N–H and O–H groups in total. The molecule has 0 saturated carbocycles. The number of rotatable bonds is 7. The molecule has 0 radical (unpaired) electrons. The summed E-state index contributed by atoms with van der Waals surface area (Å²) >= 11 is 0. The van der Waals surface area contributed by atoms with E-state index in [1.807, 2.05) is 0 Å². The molecule has 1 heterocycles. The molecule has 0 aliphatic heterocycles. The summed E-state index contributed by atoms with van der Waals surface area (Å²) in [6.07, 6.45) is -7.78. The first kappa shape index (κ1) is 39.3. The summed E-state index contributed by atoms with van der Waals surface area (Å²) in [6.45, 7) is 0. The lowest BCUT2D eigenvalue weighted by atomic mass is 9.91. The van der Waals surface area contributed by atoms with Crippen molar-refractivity contribution in [1.82, 2.24) is 0 Å². The number of hydrogen-bond acceptors (Lipinski definition) is 3. The van der Waals surface area contributed by atoms with Crippen LogP contribution >= 0.6 is 10.5 Å². The Morgan fingerprint density at radius 3 is 1.00 bits per heavy atom. The summed E-state index contributed by atoms with van der Waals surface area (Å²) in [5.41, 5.74) is -5.65. The van der Waals surface area contributed by atoms with Gasteiger partial charge < -0.3 is 4.55 Å². The molecule has 3 rings (SSSR count). The second-order valence-corrected chi connectivity index (χ2v) is 12.0. The van der Waals surface area contributed by atoms with Crippen LogP contribution in [0.3, 0.4) is 0 Å². The highest BCUT2D eigenvalue weighted by Crippen LogP contribution is 2.68. The van der Waals surface area contributed by atoms with Crippen molar-refractivity contribution in [3.8, 4) is 0 Å². The lowest BCUT2D eigenvalue weighted by Gasteiger charge is -2.41. The van der Waals surface area contributed by atoms with Crippen LogP contribution in [0.15, 0.2) is 48.5 Å². The summed E-state index contributed by atoms with van der Waals surface area (Å²) in [7, 11) is -9.76. The van der Waals surface area contributed by atoms with E-state index in [1.165, 1.54) is 0 Å². The van der Waals surface area contributed by atoms with Gasteiger partial charge in [-0.2, -0.15) is 79.0 Å². The van der Waals surface area contributed by atoms with Gasteiger partial charge in [0, 0.05) is 10.8 Å². The van der Waals surface area contributed by atoms with E-state index in [2.05, 4.69) is 0 Å². The Labute approximate surface area is 243 Å². The second kappa shape index (κ2) is 11.1. The zero-order chi connectivity index (χ0) is 36.5. The van der Waals surface area contributed by atoms with Crippen LogP contribution in [-0.4, -0.2) is 60.2 Å². The first-order chi connectivity index (χ1) is 20.1.